The highest BCUT2D eigenvalue weighted by Gasteiger charge is 2.48. The van der Waals surface area contributed by atoms with Gasteiger partial charge in [-0.3, -0.25) is 9.78 Å². The number of pyridine rings is 1. The molecule has 2 aromatic carbocycles. The third-order valence-corrected chi connectivity index (χ3v) is 6.92. The minimum Gasteiger partial charge on any atom is -0.394 e. The van der Waals surface area contributed by atoms with E-state index in [0.717, 1.165) is 35.0 Å². The molecule has 8 heteroatoms. The summed E-state index contributed by atoms with van der Waals surface area (Å²) in [5, 5.41) is 18.3. The van der Waals surface area contributed by atoms with Gasteiger partial charge < -0.3 is 10.4 Å². The lowest BCUT2D eigenvalue weighted by Crippen LogP contribution is -2.46. The smallest absolute Gasteiger partial charge is 0.251 e. The van der Waals surface area contributed by atoms with Crippen LogP contribution in [0.5, 0.6) is 0 Å². The molecule has 0 saturated heterocycles. The third-order valence-electron chi connectivity index (χ3n) is 6.92. The number of carbonyl (C=O) groups excluding carboxylic acids is 1. The summed E-state index contributed by atoms with van der Waals surface area (Å²) >= 11 is 0. The van der Waals surface area contributed by atoms with Gasteiger partial charge in [-0.25, -0.2) is 9.97 Å². The molecular weight excluding hydrogens is 452 g/mol. The minimum atomic E-state index is -0.690. The molecule has 1 fully saturated rings. The minimum absolute atomic E-state index is 0.141. The first kappa shape index (κ1) is 22.3. The van der Waals surface area contributed by atoms with E-state index in [4.69, 9.17) is 5.10 Å². The maximum absolute atomic E-state index is 12.5. The fourth-order valence-electron chi connectivity index (χ4n) is 4.64. The first-order valence-electron chi connectivity index (χ1n) is 12.0. The van der Waals surface area contributed by atoms with Crippen molar-refractivity contribution in [1.82, 2.24) is 29.9 Å². The second kappa shape index (κ2) is 8.20. The number of amides is 1. The second-order valence-corrected chi connectivity index (χ2v) is 10.1. The van der Waals surface area contributed by atoms with Crippen molar-refractivity contribution in [2.75, 3.05) is 6.61 Å². The standard InChI is InChI=1S/C28H26N6O2/c1-27(2,17-35)32-25(36)19-7-5-18(6-8-19)23-15-30-26-31-16-24(34(26)33-23)28(11-12-28)21-9-10-22-20(14-21)4-3-13-29-22/h3-10,13-16,35H,11-12,17H2,1-2H3,(H,32,36). The quantitative estimate of drug-likeness (QED) is 0.383. The van der Waals surface area contributed by atoms with Crippen LogP contribution >= 0.6 is 0 Å². The molecule has 2 N–H and O–H groups in total. The number of aliphatic hydroxyl groups excluding tert-OH is 1. The SMILES string of the molecule is CC(C)(CO)NC(=O)c1ccc(-c2cnc3ncc(C4(c5ccc6ncccc6c5)CC4)n3n2)cc1. The molecule has 1 amide bonds. The summed E-state index contributed by atoms with van der Waals surface area (Å²) in [6.07, 6.45) is 7.44. The average molecular weight is 479 g/mol. The Morgan fingerprint density at radius 3 is 2.58 bits per heavy atom. The Morgan fingerprint density at radius 1 is 1.06 bits per heavy atom. The van der Waals surface area contributed by atoms with Crippen LogP contribution in [0.15, 0.2) is 73.2 Å². The molecule has 0 atom stereocenters. The van der Waals surface area contributed by atoms with E-state index < -0.39 is 5.54 Å². The Hall–Kier alpha value is -4.17. The second-order valence-electron chi connectivity index (χ2n) is 10.1. The van der Waals surface area contributed by atoms with Gasteiger partial charge in [-0.2, -0.15) is 9.61 Å². The van der Waals surface area contributed by atoms with Crippen LogP contribution in [0, 0.1) is 0 Å². The van der Waals surface area contributed by atoms with E-state index >= 15 is 0 Å². The predicted octanol–water partition coefficient (Wildman–Crippen LogP) is 3.92. The van der Waals surface area contributed by atoms with Gasteiger partial charge in [0.15, 0.2) is 0 Å². The van der Waals surface area contributed by atoms with Crippen molar-refractivity contribution >= 4 is 22.6 Å². The Kier molecular flexibility index (Phi) is 5.08. The Balaban J connectivity index is 1.33. The van der Waals surface area contributed by atoms with E-state index in [1.165, 1.54) is 5.56 Å². The van der Waals surface area contributed by atoms with Crippen molar-refractivity contribution in [1.29, 1.82) is 0 Å². The molecule has 5 aromatic rings. The van der Waals surface area contributed by atoms with E-state index in [1.54, 1.807) is 32.2 Å². The third kappa shape index (κ3) is 3.79. The highest BCUT2D eigenvalue weighted by molar-refractivity contribution is 5.95. The van der Waals surface area contributed by atoms with Crippen LogP contribution in [0.2, 0.25) is 0 Å². The molecule has 8 nitrogen and oxygen atoms in total. The van der Waals surface area contributed by atoms with Gasteiger partial charge in [0, 0.05) is 28.1 Å². The topological polar surface area (TPSA) is 105 Å². The molecule has 0 radical (unpaired) electrons. The molecule has 0 bridgehead atoms. The van der Waals surface area contributed by atoms with Gasteiger partial charge in [0.25, 0.3) is 11.7 Å². The van der Waals surface area contributed by atoms with Crippen LogP contribution < -0.4 is 5.32 Å². The van der Waals surface area contributed by atoms with Gasteiger partial charge in [-0.15, -0.1) is 0 Å². The number of nitrogens with one attached hydrogen (secondary N) is 1. The van der Waals surface area contributed by atoms with Crippen LogP contribution in [-0.2, 0) is 5.41 Å². The number of fused-ring (bicyclic) bond motifs is 2. The van der Waals surface area contributed by atoms with E-state index in [0.29, 0.717) is 17.0 Å². The van der Waals surface area contributed by atoms with Gasteiger partial charge in [-0.05, 0) is 62.6 Å². The molecule has 3 heterocycles. The molecule has 1 saturated carbocycles. The zero-order valence-electron chi connectivity index (χ0n) is 20.1. The Labute approximate surface area is 208 Å². The van der Waals surface area contributed by atoms with E-state index in [9.17, 15) is 9.90 Å². The fraction of sp³-hybridized carbons (Fsp3) is 0.250. The summed E-state index contributed by atoms with van der Waals surface area (Å²) in [7, 11) is 0. The van der Waals surface area contributed by atoms with Crippen LogP contribution in [0.4, 0.5) is 0 Å². The number of carbonyl (C=O) groups is 1. The van der Waals surface area contributed by atoms with E-state index in [-0.39, 0.29) is 17.9 Å². The molecule has 0 unspecified atom stereocenters. The number of aromatic nitrogens is 5. The van der Waals surface area contributed by atoms with Gasteiger partial charge in [0.1, 0.15) is 5.69 Å². The van der Waals surface area contributed by atoms with Crippen molar-refractivity contribution in [2.45, 2.75) is 37.6 Å². The van der Waals surface area contributed by atoms with Crippen molar-refractivity contribution in [2.24, 2.45) is 0 Å². The number of nitrogens with zero attached hydrogens (tertiary/aromatic N) is 5. The number of aliphatic hydroxyl groups is 1. The van der Waals surface area contributed by atoms with Crippen LogP contribution in [0.3, 0.4) is 0 Å². The molecule has 1 aliphatic rings. The predicted molar refractivity (Wildman–Crippen MR) is 137 cm³/mol. The van der Waals surface area contributed by atoms with Crippen LogP contribution in [0.1, 0.15) is 48.3 Å². The summed E-state index contributed by atoms with van der Waals surface area (Å²) in [5.74, 6) is 0.324. The zero-order chi connectivity index (χ0) is 24.9. The van der Waals surface area contributed by atoms with E-state index in [2.05, 4.69) is 44.5 Å². The van der Waals surface area contributed by atoms with Crippen molar-refractivity contribution in [3.63, 3.8) is 0 Å². The average Bonchev–Trinajstić information content (AvgIpc) is 3.60. The molecule has 6 rings (SSSR count). The summed E-state index contributed by atoms with van der Waals surface area (Å²) in [5.41, 5.74) is 4.47. The zero-order valence-corrected chi connectivity index (χ0v) is 20.1. The number of rotatable bonds is 6. The van der Waals surface area contributed by atoms with Crippen molar-refractivity contribution < 1.29 is 9.90 Å². The summed E-state index contributed by atoms with van der Waals surface area (Å²) in [4.78, 5) is 26.0. The molecule has 180 valence electrons. The first-order chi connectivity index (χ1) is 17.4. The monoisotopic (exact) mass is 478 g/mol. The van der Waals surface area contributed by atoms with Crippen LogP contribution in [-0.4, -0.2) is 47.7 Å². The Morgan fingerprint density at radius 2 is 1.83 bits per heavy atom. The number of imidazole rings is 1. The summed E-state index contributed by atoms with van der Waals surface area (Å²) < 4.78 is 1.85. The fourth-order valence-corrected chi connectivity index (χ4v) is 4.64. The summed E-state index contributed by atoms with van der Waals surface area (Å²) in [6, 6.07) is 17.7. The van der Waals surface area contributed by atoms with Gasteiger partial charge in [0.2, 0.25) is 0 Å². The molecule has 0 aliphatic heterocycles. The normalized spacial score (nSPS) is 14.8. The van der Waals surface area contributed by atoms with Crippen molar-refractivity contribution in [3.8, 4) is 11.3 Å². The highest BCUT2D eigenvalue weighted by atomic mass is 16.3. The lowest BCUT2D eigenvalue weighted by Gasteiger charge is -2.23. The molecule has 0 spiro atoms. The molecule has 1 aliphatic carbocycles. The van der Waals surface area contributed by atoms with Gasteiger partial charge in [0.05, 0.1) is 35.8 Å². The Bertz CT molecular complexity index is 1600. The molecule has 3 aromatic heterocycles. The lowest BCUT2D eigenvalue weighted by atomic mass is 9.91. The number of benzene rings is 2. The maximum atomic E-state index is 12.5. The highest BCUT2D eigenvalue weighted by Crippen LogP contribution is 2.53. The number of hydrogen-bond acceptors (Lipinski definition) is 6. The van der Waals surface area contributed by atoms with E-state index in [1.807, 2.05) is 35.1 Å². The molecule has 36 heavy (non-hydrogen) atoms. The molecular formula is C28H26N6O2. The van der Waals surface area contributed by atoms with Crippen molar-refractivity contribution in [3.05, 3.63) is 90.0 Å². The maximum Gasteiger partial charge on any atom is 0.251 e. The summed E-state index contributed by atoms with van der Waals surface area (Å²) in [6.45, 7) is 3.40. The first-order valence-corrected chi connectivity index (χ1v) is 12.0. The number of hydrogen-bond donors (Lipinski definition) is 2. The van der Waals surface area contributed by atoms with Gasteiger partial charge in [-0.1, -0.05) is 24.3 Å². The van der Waals surface area contributed by atoms with Crippen LogP contribution in [0.25, 0.3) is 27.9 Å². The lowest BCUT2D eigenvalue weighted by molar-refractivity contribution is 0.0869. The largest absolute Gasteiger partial charge is 0.394 e. The van der Waals surface area contributed by atoms with Gasteiger partial charge >= 0.3 is 0 Å².